The summed E-state index contributed by atoms with van der Waals surface area (Å²) in [5.41, 5.74) is -0.104. The van der Waals surface area contributed by atoms with Crippen LogP contribution >= 0.6 is 11.3 Å². The molecule has 2 aromatic heterocycles. The van der Waals surface area contributed by atoms with Crippen LogP contribution in [0.25, 0.3) is 22.1 Å². The molecule has 0 aliphatic heterocycles. The Hall–Kier alpha value is -3.52. The van der Waals surface area contributed by atoms with Crippen molar-refractivity contribution in [2.24, 2.45) is 0 Å². The van der Waals surface area contributed by atoms with Crippen LogP contribution in [0.5, 0.6) is 0 Å². The van der Waals surface area contributed by atoms with E-state index in [1.165, 1.54) is 18.4 Å². The maximum absolute atomic E-state index is 14.4. The Morgan fingerprint density at radius 2 is 1.79 bits per heavy atom. The maximum atomic E-state index is 14.4. The van der Waals surface area contributed by atoms with Crippen molar-refractivity contribution in [3.05, 3.63) is 76.4 Å². The fraction of sp³-hybridized carbons (Fsp3) is 0.0476. The topological polar surface area (TPSA) is 79.5 Å². The fourth-order valence-corrected chi connectivity index (χ4v) is 4.00. The Kier molecular flexibility index (Phi) is 4.63. The van der Waals surface area contributed by atoms with Gasteiger partial charge >= 0.3 is 5.97 Å². The number of aromatic carboxylic acids is 1. The van der Waals surface area contributed by atoms with Gasteiger partial charge in [-0.05, 0) is 36.8 Å². The summed E-state index contributed by atoms with van der Waals surface area (Å²) in [6, 6.07) is 10.8. The Labute approximate surface area is 167 Å². The number of para-hydroxylation sites is 1. The molecule has 2 N–H and O–H groups in total. The van der Waals surface area contributed by atoms with E-state index >= 15 is 0 Å². The van der Waals surface area contributed by atoms with Crippen LogP contribution in [0.1, 0.15) is 26.5 Å². The average Bonchev–Trinajstić information content (AvgIpc) is 3.25. The van der Waals surface area contributed by atoms with Crippen molar-refractivity contribution in [2.75, 3.05) is 5.32 Å². The lowest BCUT2D eigenvalue weighted by Gasteiger charge is -2.08. The highest BCUT2D eigenvalue weighted by atomic mass is 32.1. The summed E-state index contributed by atoms with van der Waals surface area (Å²) in [5, 5.41) is 14.1. The highest BCUT2D eigenvalue weighted by Gasteiger charge is 2.26. The highest BCUT2D eigenvalue weighted by Crippen LogP contribution is 2.38. The van der Waals surface area contributed by atoms with Gasteiger partial charge in [-0.15, -0.1) is 11.3 Å². The van der Waals surface area contributed by atoms with Crippen LogP contribution < -0.4 is 5.32 Å². The van der Waals surface area contributed by atoms with Crippen molar-refractivity contribution in [2.45, 2.75) is 6.92 Å². The molecular formula is C21H13F2NO4S. The number of carboxylic acids is 1. The zero-order valence-corrected chi connectivity index (χ0v) is 15.8. The standard InChI is InChI=1S/C21H13F2NO4S/c1-10-6-13(22)17(14(23)7-10)12-9-29-20(18(12)21(26)27)24-19(25)16-8-11-4-2-3-5-15(11)28-16/h2-9H,1H3,(H,24,25)(H,26,27). The number of rotatable bonds is 4. The third-order valence-electron chi connectivity index (χ3n) is 4.34. The number of hydrogen-bond donors (Lipinski definition) is 2. The summed E-state index contributed by atoms with van der Waals surface area (Å²) in [6.07, 6.45) is 0. The zero-order valence-electron chi connectivity index (χ0n) is 15.0. The number of benzene rings is 2. The molecule has 0 unspecified atom stereocenters. The lowest BCUT2D eigenvalue weighted by Crippen LogP contribution is -2.13. The summed E-state index contributed by atoms with van der Waals surface area (Å²) >= 11 is 0.863. The monoisotopic (exact) mass is 413 g/mol. The van der Waals surface area contributed by atoms with Gasteiger partial charge in [0.1, 0.15) is 27.8 Å². The predicted octanol–water partition coefficient (Wildman–Crippen LogP) is 5.70. The van der Waals surface area contributed by atoms with Gasteiger partial charge in [0.2, 0.25) is 0 Å². The Morgan fingerprint density at radius 3 is 2.45 bits per heavy atom. The molecule has 29 heavy (non-hydrogen) atoms. The van der Waals surface area contributed by atoms with Gasteiger partial charge in [0.15, 0.2) is 5.76 Å². The lowest BCUT2D eigenvalue weighted by molar-refractivity contribution is 0.0699. The summed E-state index contributed by atoms with van der Waals surface area (Å²) in [7, 11) is 0. The Balaban J connectivity index is 1.74. The molecule has 0 saturated heterocycles. The van der Waals surface area contributed by atoms with E-state index in [4.69, 9.17) is 4.42 Å². The minimum absolute atomic E-state index is 0.00909. The summed E-state index contributed by atoms with van der Waals surface area (Å²) in [6.45, 7) is 1.53. The van der Waals surface area contributed by atoms with Crippen molar-refractivity contribution in [1.29, 1.82) is 0 Å². The molecule has 5 nitrogen and oxygen atoms in total. The first kappa shape index (κ1) is 18.8. The number of carbonyl (C=O) groups is 2. The molecule has 0 radical (unpaired) electrons. The van der Waals surface area contributed by atoms with Crippen LogP contribution in [0.2, 0.25) is 0 Å². The Bertz CT molecular complexity index is 1220. The van der Waals surface area contributed by atoms with Gasteiger partial charge < -0.3 is 14.8 Å². The summed E-state index contributed by atoms with van der Waals surface area (Å²) in [5.74, 6) is -3.84. The molecule has 0 bridgehead atoms. The van der Waals surface area contributed by atoms with E-state index in [1.54, 1.807) is 24.3 Å². The molecule has 0 atom stereocenters. The average molecular weight is 413 g/mol. The lowest BCUT2D eigenvalue weighted by atomic mass is 10.0. The molecule has 0 aliphatic carbocycles. The van der Waals surface area contributed by atoms with Crippen LogP contribution in [0.4, 0.5) is 13.8 Å². The second kappa shape index (κ2) is 7.14. The quantitative estimate of drug-likeness (QED) is 0.450. The number of aryl methyl sites for hydroxylation is 1. The number of amides is 1. The fourth-order valence-electron chi connectivity index (χ4n) is 3.06. The molecule has 4 rings (SSSR count). The predicted molar refractivity (Wildman–Crippen MR) is 106 cm³/mol. The number of anilines is 1. The summed E-state index contributed by atoms with van der Waals surface area (Å²) < 4.78 is 34.2. The van der Waals surface area contributed by atoms with Crippen LogP contribution in [-0.2, 0) is 0 Å². The number of thiophene rings is 1. The van der Waals surface area contributed by atoms with Gasteiger partial charge in [-0.3, -0.25) is 4.79 Å². The maximum Gasteiger partial charge on any atom is 0.339 e. The first-order valence-corrected chi connectivity index (χ1v) is 9.34. The van der Waals surface area contributed by atoms with E-state index in [1.807, 2.05) is 0 Å². The van der Waals surface area contributed by atoms with Crippen LogP contribution in [0.3, 0.4) is 0 Å². The minimum Gasteiger partial charge on any atom is -0.478 e. The number of carbonyl (C=O) groups excluding carboxylic acids is 1. The van der Waals surface area contributed by atoms with Gasteiger partial charge in [-0.25, -0.2) is 13.6 Å². The van der Waals surface area contributed by atoms with Gasteiger partial charge in [-0.1, -0.05) is 18.2 Å². The van der Waals surface area contributed by atoms with Crippen molar-refractivity contribution in [1.82, 2.24) is 0 Å². The third kappa shape index (κ3) is 3.38. The van der Waals surface area contributed by atoms with E-state index in [-0.39, 0.29) is 21.9 Å². The first-order chi connectivity index (χ1) is 13.8. The molecule has 8 heteroatoms. The number of halogens is 2. The largest absolute Gasteiger partial charge is 0.478 e. The molecule has 146 valence electrons. The Morgan fingerprint density at radius 1 is 1.10 bits per heavy atom. The second-order valence-corrected chi connectivity index (χ2v) is 7.24. The first-order valence-electron chi connectivity index (χ1n) is 8.46. The number of carboxylic acid groups (broad SMARTS) is 1. The smallest absolute Gasteiger partial charge is 0.339 e. The van der Waals surface area contributed by atoms with Gasteiger partial charge in [-0.2, -0.15) is 0 Å². The van der Waals surface area contributed by atoms with Crippen molar-refractivity contribution < 1.29 is 27.9 Å². The number of hydrogen-bond acceptors (Lipinski definition) is 4. The molecule has 0 aliphatic rings. The van der Waals surface area contributed by atoms with Crippen molar-refractivity contribution in [3.8, 4) is 11.1 Å². The van der Waals surface area contributed by atoms with Crippen molar-refractivity contribution in [3.63, 3.8) is 0 Å². The SMILES string of the molecule is Cc1cc(F)c(-c2csc(NC(=O)c3cc4ccccc4o3)c2C(=O)O)c(F)c1. The van der Waals surface area contributed by atoms with Crippen LogP contribution in [0.15, 0.2) is 52.3 Å². The van der Waals surface area contributed by atoms with E-state index in [9.17, 15) is 23.5 Å². The van der Waals surface area contributed by atoms with E-state index < -0.39 is 29.1 Å². The molecule has 1 amide bonds. The molecule has 4 aromatic rings. The number of furan rings is 1. The van der Waals surface area contributed by atoms with Gasteiger partial charge in [0.05, 0.1) is 5.56 Å². The number of nitrogens with one attached hydrogen (secondary N) is 1. The zero-order chi connectivity index (χ0) is 20.7. The highest BCUT2D eigenvalue weighted by molar-refractivity contribution is 7.15. The molecule has 2 aromatic carbocycles. The third-order valence-corrected chi connectivity index (χ3v) is 5.23. The van der Waals surface area contributed by atoms with Crippen molar-refractivity contribution >= 4 is 39.2 Å². The van der Waals surface area contributed by atoms with E-state index in [2.05, 4.69) is 5.32 Å². The second-order valence-electron chi connectivity index (χ2n) is 6.36. The van der Waals surface area contributed by atoms with Gasteiger partial charge in [0, 0.05) is 16.3 Å². The van der Waals surface area contributed by atoms with Crippen LogP contribution in [0, 0.1) is 18.6 Å². The van der Waals surface area contributed by atoms with E-state index in [0.717, 1.165) is 23.5 Å². The summed E-state index contributed by atoms with van der Waals surface area (Å²) in [4.78, 5) is 24.4. The molecule has 0 spiro atoms. The number of fused-ring (bicyclic) bond motifs is 1. The van der Waals surface area contributed by atoms with E-state index in [0.29, 0.717) is 16.5 Å². The molecule has 2 heterocycles. The normalized spacial score (nSPS) is 11.0. The minimum atomic E-state index is -1.42. The molecular weight excluding hydrogens is 400 g/mol. The van der Waals surface area contributed by atoms with Gasteiger partial charge in [0.25, 0.3) is 5.91 Å². The molecule has 0 saturated carbocycles. The van der Waals surface area contributed by atoms with Crippen LogP contribution in [-0.4, -0.2) is 17.0 Å². The molecule has 0 fully saturated rings.